The van der Waals surface area contributed by atoms with Crippen LogP contribution < -0.4 is 10.6 Å². The zero-order chi connectivity index (χ0) is 12.3. The molecule has 1 atom stereocenters. The number of hydrogen-bond donors (Lipinski definition) is 2. The average Bonchev–Trinajstić information content (AvgIpc) is 2.77. The first kappa shape index (κ1) is 14.7. The van der Waals surface area contributed by atoms with Crippen molar-refractivity contribution in [2.24, 2.45) is 0 Å². The molecule has 1 aliphatic heterocycles. The largest absolute Gasteiger partial charge is 0.323 e. The average molecular weight is 274 g/mol. The van der Waals surface area contributed by atoms with Gasteiger partial charge in [-0.2, -0.15) is 0 Å². The predicted molar refractivity (Wildman–Crippen MR) is 71.7 cm³/mol. The number of carbonyl (C=O) groups is 1. The van der Waals surface area contributed by atoms with Crippen molar-refractivity contribution in [3.63, 3.8) is 0 Å². The first-order chi connectivity index (χ1) is 8.19. The van der Waals surface area contributed by atoms with E-state index >= 15 is 0 Å². The van der Waals surface area contributed by atoms with E-state index in [9.17, 15) is 9.18 Å². The number of anilines is 1. The van der Waals surface area contributed by atoms with Gasteiger partial charge in [-0.1, -0.05) is 6.07 Å². The minimum atomic E-state index is -0.350. The Hall–Kier alpha value is -1.33. The van der Waals surface area contributed by atoms with Crippen LogP contribution in [0.2, 0.25) is 0 Å². The Balaban J connectivity index is 0.00000162. The van der Waals surface area contributed by atoms with Gasteiger partial charge >= 0.3 is 6.03 Å². The molecule has 1 aliphatic rings. The monoisotopic (exact) mass is 273 g/mol. The third-order valence-corrected chi connectivity index (χ3v) is 2.96. The highest BCUT2D eigenvalue weighted by molar-refractivity contribution is 5.89. The Labute approximate surface area is 112 Å². The summed E-state index contributed by atoms with van der Waals surface area (Å²) in [4.78, 5) is 13.6. The van der Waals surface area contributed by atoms with Crippen molar-refractivity contribution in [3.05, 3.63) is 30.1 Å². The Morgan fingerprint density at radius 1 is 1.50 bits per heavy atom. The van der Waals surface area contributed by atoms with Crippen LogP contribution in [0.4, 0.5) is 14.9 Å². The Bertz CT molecular complexity index is 416. The molecule has 0 radical (unpaired) electrons. The highest BCUT2D eigenvalue weighted by atomic mass is 35.5. The van der Waals surface area contributed by atoms with Gasteiger partial charge in [0.05, 0.1) is 0 Å². The van der Waals surface area contributed by atoms with E-state index in [-0.39, 0.29) is 24.3 Å². The van der Waals surface area contributed by atoms with Gasteiger partial charge in [-0.05, 0) is 31.7 Å². The van der Waals surface area contributed by atoms with Crippen molar-refractivity contribution >= 4 is 24.1 Å². The molecule has 0 spiro atoms. The van der Waals surface area contributed by atoms with Crippen LogP contribution in [-0.2, 0) is 0 Å². The van der Waals surface area contributed by atoms with E-state index < -0.39 is 0 Å². The molecule has 2 rings (SSSR count). The van der Waals surface area contributed by atoms with E-state index in [0.717, 1.165) is 13.0 Å². The third-order valence-electron chi connectivity index (χ3n) is 2.96. The number of carbonyl (C=O) groups excluding carboxylic acids is 1. The molecule has 1 saturated heterocycles. The van der Waals surface area contributed by atoms with E-state index in [1.54, 1.807) is 17.0 Å². The lowest BCUT2D eigenvalue weighted by Gasteiger charge is -2.17. The van der Waals surface area contributed by atoms with Crippen LogP contribution in [-0.4, -0.2) is 37.1 Å². The van der Waals surface area contributed by atoms with Crippen LogP contribution in [0.3, 0.4) is 0 Å². The van der Waals surface area contributed by atoms with Gasteiger partial charge in [0.15, 0.2) is 0 Å². The molecular weight excluding hydrogens is 257 g/mol. The first-order valence-corrected chi connectivity index (χ1v) is 5.68. The van der Waals surface area contributed by atoms with Crippen molar-refractivity contribution in [1.82, 2.24) is 10.2 Å². The molecule has 1 heterocycles. The van der Waals surface area contributed by atoms with Crippen LogP contribution in [0, 0.1) is 5.82 Å². The van der Waals surface area contributed by atoms with Gasteiger partial charge in [0.2, 0.25) is 0 Å². The van der Waals surface area contributed by atoms with Gasteiger partial charge in [0.1, 0.15) is 5.82 Å². The van der Waals surface area contributed by atoms with Crippen LogP contribution >= 0.6 is 12.4 Å². The summed E-state index contributed by atoms with van der Waals surface area (Å²) < 4.78 is 12.9. The molecule has 1 fully saturated rings. The van der Waals surface area contributed by atoms with Gasteiger partial charge in [0.25, 0.3) is 0 Å². The molecule has 2 N–H and O–H groups in total. The first-order valence-electron chi connectivity index (χ1n) is 5.68. The second kappa shape index (κ2) is 6.56. The standard InChI is InChI=1S/C12H16FN3O.ClH/c1-14-11-5-6-16(8-11)12(17)15-10-4-2-3-9(13)7-10;/h2-4,7,11,14H,5-6,8H2,1H3,(H,15,17);1H. The summed E-state index contributed by atoms with van der Waals surface area (Å²) in [6, 6.07) is 6.09. The second-order valence-corrected chi connectivity index (χ2v) is 4.16. The summed E-state index contributed by atoms with van der Waals surface area (Å²) in [6.07, 6.45) is 0.951. The van der Waals surface area contributed by atoms with Crippen LogP contribution in [0.5, 0.6) is 0 Å². The summed E-state index contributed by atoms with van der Waals surface area (Å²) in [5.74, 6) is -0.350. The number of likely N-dealkylation sites (tertiary alicyclic amines) is 1. The summed E-state index contributed by atoms with van der Waals surface area (Å²) in [5, 5.41) is 5.83. The number of halogens is 2. The summed E-state index contributed by atoms with van der Waals surface area (Å²) in [7, 11) is 1.89. The number of hydrogen-bond acceptors (Lipinski definition) is 2. The highest BCUT2D eigenvalue weighted by Crippen LogP contribution is 2.13. The number of urea groups is 1. The number of amides is 2. The van der Waals surface area contributed by atoms with E-state index in [2.05, 4.69) is 10.6 Å². The smallest absolute Gasteiger partial charge is 0.321 e. The van der Waals surface area contributed by atoms with Crippen LogP contribution in [0.25, 0.3) is 0 Å². The molecule has 2 amide bonds. The maximum Gasteiger partial charge on any atom is 0.321 e. The predicted octanol–water partition coefficient (Wildman–Crippen LogP) is 2.07. The van der Waals surface area contributed by atoms with Crippen molar-refractivity contribution in [2.75, 3.05) is 25.5 Å². The molecule has 6 heteroatoms. The molecule has 0 aliphatic carbocycles. The van der Waals surface area contributed by atoms with Crippen molar-refractivity contribution in [1.29, 1.82) is 0 Å². The molecule has 4 nitrogen and oxygen atoms in total. The molecule has 0 aromatic heterocycles. The lowest BCUT2D eigenvalue weighted by Crippen LogP contribution is -2.36. The Morgan fingerprint density at radius 3 is 2.89 bits per heavy atom. The number of benzene rings is 1. The molecular formula is C12H17ClFN3O. The van der Waals surface area contributed by atoms with Crippen molar-refractivity contribution in [2.45, 2.75) is 12.5 Å². The number of rotatable bonds is 2. The van der Waals surface area contributed by atoms with E-state index in [1.807, 2.05) is 7.05 Å². The lowest BCUT2D eigenvalue weighted by molar-refractivity contribution is 0.221. The molecule has 100 valence electrons. The summed E-state index contributed by atoms with van der Waals surface area (Å²) >= 11 is 0. The van der Waals surface area contributed by atoms with Gasteiger partial charge in [-0.3, -0.25) is 0 Å². The van der Waals surface area contributed by atoms with Crippen molar-refractivity contribution in [3.8, 4) is 0 Å². The molecule has 1 aromatic carbocycles. The van der Waals surface area contributed by atoms with Crippen LogP contribution in [0.1, 0.15) is 6.42 Å². The van der Waals surface area contributed by atoms with Gasteiger partial charge in [0, 0.05) is 24.8 Å². The summed E-state index contributed by atoms with van der Waals surface area (Å²) in [5.41, 5.74) is 0.489. The SMILES string of the molecule is CNC1CCN(C(=O)Nc2cccc(F)c2)C1.Cl. The quantitative estimate of drug-likeness (QED) is 0.866. The zero-order valence-electron chi connectivity index (χ0n) is 10.1. The Morgan fingerprint density at radius 2 is 2.28 bits per heavy atom. The minimum absolute atomic E-state index is 0. The van der Waals surface area contributed by atoms with E-state index in [4.69, 9.17) is 0 Å². The molecule has 18 heavy (non-hydrogen) atoms. The lowest BCUT2D eigenvalue weighted by atomic mass is 10.3. The number of nitrogens with zero attached hydrogens (tertiary/aromatic N) is 1. The van der Waals surface area contributed by atoms with Crippen molar-refractivity contribution < 1.29 is 9.18 Å². The third kappa shape index (κ3) is 3.58. The normalized spacial score (nSPS) is 18.3. The minimum Gasteiger partial charge on any atom is -0.323 e. The highest BCUT2D eigenvalue weighted by Gasteiger charge is 2.24. The fraction of sp³-hybridized carbons (Fsp3) is 0.417. The molecule has 0 bridgehead atoms. The molecule has 0 saturated carbocycles. The van der Waals surface area contributed by atoms with Gasteiger partial charge in [-0.15, -0.1) is 12.4 Å². The maximum atomic E-state index is 12.9. The van der Waals surface area contributed by atoms with E-state index in [1.165, 1.54) is 12.1 Å². The molecule has 1 unspecified atom stereocenters. The van der Waals surface area contributed by atoms with E-state index in [0.29, 0.717) is 18.3 Å². The topological polar surface area (TPSA) is 44.4 Å². The number of nitrogens with one attached hydrogen (secondary N) is 2. The number of likely N-dealkylation sites (N-methyl/N-ethyl adjacent to an activating group) is 1. The fourth-order valence-corrected chi connectivity index (χ4v) is 1.95. The summed E-state index contributed by atoms with van der Waals surface area (Å²) in [6.45, 7) is 1.42. The van der Waals surface area contributed by atoms with Gasteiger partial charge in [-0.25, -0.2) is 9.18 Å². The second-order valence-electron chi connectivity index (χ2n) is 4.16. The van der Waals surface area contributed by atoms with Gasteiger partial charge < -0.3 is 15.5 Å². The zero-order valence-corrected chi connectivity index (χ0v) is 11.0. The van der Waals surface area contributed by atoms with Crippen LogP contribution in [0.15, 0.2) is 24.3 Å². The fourth-order valence-electron chi connectivity index (χ4n) is 1.95. The Kier molecular flexibility index (Phi) is 5.37. The molecule has 1 aromatic rings. The maximum absolute atomic E-state index is 12.9.